The molecule has 27 heavy (non-hydrogen) atoms. The maximum atomic E-state index is 13.9. The smallest absolute Gasteiger partial charge is 0.192 e. The molecule has 0 aliphatic rings. The fourth-order valence-corrected chi connectivity index (χ4v) is 3.57. The standard InChI is InChI=1S/C20H20FN3O2S/c1-4-11-24-19(14-9-10-17(25-2)18(12-14)26-3)22-23-20(24)27-13-15-7-5-6-8-16(15)21/h4-10,12H,1,11,13H2,2-3H3. The molecule has 0 radical (unpaired) electrons. The molecular formula is C20H20FN3O2S. The molecule has 7 heteroatoms. The first-order valence-electron chi connectivity index (χ1n) is 8.30. The molecule has 0 bridgehead atoms. The number of allylic oxidation sites excluding steroid dienone is 1. The van der Waals surface area contributed by atoms with E-state index >= 15 is 0 Å². The predicted molar refractivity (Wildman–Crippen MR) is 105 cm³/mol. The van der Waals surface area contributed by atoms with Gasteiger partial charge >= 0.3 is 0 Å². The highest BCUT2D eigenvalue weighted by molar-refractivity contribution is 7.98. The van der Waals surface area contributed by atoms with Gasteiger partial charge in [-0.05, 0) is 29.8 Å². The molecule has 0 atom stereocenters. The Balaban J connectivity index is 1.91. The molecule has 0 amide bonds. The molecule has 0 aliphatic carbocycles. The average molecular weight is 385 g/mol. The number of halogens is 1. The minimum atomic E-state index is -0.222. The molecule has 2 aromatic carbocycles. The highest BCUT2D eigenvalue weighted by Gasteiger charge is 2.16. The lowest BCUT2D eigenvalue weighted by Gasteiger charge is -2.11. The minimum Gasteiger partial charge on any atom is -0.493 e. The van der Waals surface area contributed by atoms with Gasteiger partial charge in [-0.1, -0.05) is 36.0 Å². The van der Waals surface area contributed by atoms with Crippen LogP contribution in [0, 0.1) is 5.82 Å². The number of aromatic nitrogens is 3. The van der Waals surface area contributed by atoms with Crippen molar-refractivity contribution in [3.63, 3.8) is 0 Å². The van der Waals surface area contributed by atoms with Crippen molar-refractivity contribution in [1.29, 1.82) is 0 Å². The molecule has 0 saturated carbocycles. The number of hydrogen-bond donors (Lipinski definition) is 0. The summed E-state index contributed by atoms with van der Waals surface area (Å²) in [5, 5.41) is 9.31. The Morgan fingerprint density at radius 1 is 1.11 bits per heavy atom. The van der Waals surface area contributed by atoms with Crippen LogP contribution in [0.3, 0.4) is 0 Å². The van der Waals surface area contributed by atoms with Gasteiger partial charge in [0.25, 0.3) is 0 Å². The van der Waals surface area contributed by atoms with Crippen molar-refractivity contribution in [1.82, 2.24) is 14.8 Å². The van der Waals surface area contributed by atoms with Crippen molar-refractivity contribution in [2.45, 2.75) is 17.5 Å². The Labute approximate surface area is 161 Å². The molecule has 0 unspecified atom stereocenters. The van der Waals surface area contributed by atoms with Gasteiger partial charge in [-0.15, -0.1) is 16.8 Å². The largest absolute Gasteiger partial charge is 0.493 e. The van der Waals surface area contributed by atoms with Crippen LogP contribution in [0.1, 0.15) is 5.56 Å². The highest BCUT2D eigenvalue weighted by atomic mass is 32.2. The van der Waals surface area contributed by atoms with Crippen LogP contribution in [0.2, 0.25) is 0 Å². The zero-order valence-corrected chi connectivity index (χ0v) is 16.0. The predicted octanol–water partition coefficient (Wildman–Crippen LogP) is 4.58. The number of benzene rings is 2. The van der Waals surface area contributed by atoms with Crippen LogP contribution in [-0.2, 0) is 12.3 Å². The molecule has 140 valence electrons. The van der Waals surface area contributed by atoms with E-state index in [2.05, 4.69) is 16.8 Å². The Kier molecular flexibility index (Phi) is 6.13. The van der Waals surface area contributed by atoms with Crippen molar-refractivity contribution < 1.29 is 13.9 Å². The quantitative estimate of drug-likeness (QED) is 0.420. The SMILES string of the molecule is C=CCn1c(SCc2ccccc2F)nnc1-c1ccc(OC)c(OC)c1. The molecule has 5 nitrogen and oxygen atoms in total. The van der Waals surface area contributed by atoms with Gasteiger partial charge in [-0.3, -0.25) is 4.57 Å². The fraction of sp³-hybridized carbons (Fsp3) is 0.200. The van der Waals surface area contributed by atoms with E-state index in [0.717, 1.165) is 5.56 Å². The Hall–Kier alpha value is -2.80. The van der Waals surface area contributed by atoms with Crippen molar-refractivity contribution in [3.8, 4) is 22.9 Å². The summed E-state index contributed by atoms with van der Waals surface area (Å²) in [6.45, 7) is 4.35. The number of nitrogens with zero attached hydrogens (tertiary/aromatic N) is 3. The lowest BCUT2D eigenvalue weighted by Crippen LogP contribution is -2.01. The minimum absolute atomic E-state index is 0.222. The number of ether oxygens (including phenoxy) is 2. The summed E-state index contributed by atoms with van der Waals surface area (Å²) >= 11 is 1.43. The first kappa shape index (κ1) is 19.0. The van der Waals surface area contributed by atoms with Crippen molar-refractivity contribution >= 4 is 11.8 Å². The van der Waals surface area contributed by atoms with Gasteiger partial charge in [-0.25, -0.2) is 4.39 Å². The van der Waals surface area contributed by atoms with E-state index in [9.17, 15) is 4.39 Å². The third kappa shape index (κ3) is 4.14. The molecule has 3 aromatic rings. The first-order chi connectivity index (χ1) is 13.2. The van der Waals surface area contributed by atoms with E-state index in [4.69, 9.17) is 9.47 Å². The number of thioether (sulfide) groups is 1. The van der Waals surface area contributed by atoms with Crippen LogP contribution in [0.4, 0.5) is 4.39 Å². The third-order valence-corrected chi connectivity index (χ3v) is 5.00. The highest BCUT2D eigenvalue weighted by Crippen LogP contribution is 2.33. The second-order valence-electron chi connectivity index (χ2n) is 5.66. The summed E-state index contributed by atoms with van der Waals surface area (Å²) in [4.78, 5) is 0. The average Bonchev–Trinajstić information content (AvgIpc) is 3.09. The topological polar surface area (TPSA) is 49.2 Å². The lowest BCUT2D eigenvalue weighted by molar-refractivity contribution is 0.355. The molecule has 1 heterocycles. The van der Waals surface area contributed by atoms with E-state index in [0.29, 0.717) is 40.3 Å². The summed E-state index contributed by atoms with van der Waals surface area (Å²) < 4.78 is 26.5. The van der Waals surface area contributed by atoms with Crippen LogP contribution < -0.4 is 9.47 Å². The maximum absolute atomic E-state index is 13.9. The number of rotatable bonds is 8. The Morgan fingerprint density at radius 3 is 2.59 bits per heavy atom. The fourth-order valence-electron chi connectivity index (χ4n) is 2.64. The van der Waals surface area contributed by atoms with Gasteiger partial charge in [0.1, 0.15) is 5.82 Å². The monoisotopic (exact) mass is 385 g/mol. The van der Waals surface area contributed by atoms with Crippen molar-refractivity contribution in [3.05, 3.63) is 66.5 Å². The third-order valence-electron chi connectivity index (χ3n) is 3.98. The van der Waals surface area contributed by atoms with E-state index in [1.54, 1.807) is 32.4 Å². The van der Waals surface area contributed by atoms with Gasteiger partial charge in [0, 0.05) is 17.9 Å². The Morgan fingerprint density at radius 2 is 1.89 bits per heavy atom. The molecule has 0 fully saturated rings. The number of methoxy groups -OCH3 is 2. The van der Waals surface area contributed by atoms with Crippen molar-refractivity contribution in [2.24, 2.45) is 0 Å². The molecule has 0 saturated heterocycles. The Bertz CT molecular complexity index is 943. The number of hydrogen-bond acceptors (Lipinski definition) is 5. The molecule has 0 aliphatic heterocycles. The first-order valence-corrected chi connectivity index (χ1v) is 9.29. The summed E-state index contributed by atoms with van der Waals surface area (Å²) in [6.07, 6.45) is 1.78. The van der Waals surface area contributed by atoms with Crippen LogP contribution >= 0.6 is 11.8 Å². The van der Waals surface area contributed by atoms with Gasteiger partial charge in [-0.2, -0.15) is 0 Å². The summed E-state index contributed by atoms with van der Waals surface area (Å²) in [5.74, 6) is 2.19. The molecule has 0 spiro atoms. The van der Waals surface area contributed by atoms with Gasteiger partial charge < -0.3 is 9.47 Å². The second-order valence-corrected chi connectivity index (χ2v) is 6.60. The lowest BCUT2D eigenvalue weighted by atomic mass is 10.2. The maximum Gasteiger partial charge on any atom is 0.192 e. The van der Waals surface area contributed by atoms with Gasteiger partial charge in [0.15, 0.2) is 22.5 Å². The van der Waals surface area contributed by atoms with E-state index in [1.807, 2.05) is 28.8 Å². The van der Waals surface area contributed by atoms with Crippen LogP contribution in [0.25, 0.3) is 11.4 Å². The second kappa shape index (κ2) is 8.73. The summed E-state index contributed by atoms with van der Waals surface area (Å²) in [6, 6.07) is 12.3. The zero-order valence-electron chi connectivity index (χ0n) is 15.2. The summed E-state index contributed by atoms with van der Waals surface area (Å²) in [7, 11) is 3.18. The van der Waals surface area contributed by atoms with Crippen molar-refractivity contribution in [2.75, 3.05) is 14.2 Å². The zero-order chi connectivity index (χ0) is 19.2. The van der Waals surface area contributed by atoms with E-state index < -0.39 is 0 Å². The van der Waals surface area contributed by atoms with Crippen LogP contribution in [0.5, 0.6) is 11.5 Å². The molecule has 1 aromatic heterocycles. The van der Waals surface area contributed by atoms with Crippen LogP contribution in [0.15, 0.2) is 60.3 Å². The van der Waals surface area contributed by atoms with Gasteiger partial charge in [0.05, 0.1) is 14.2 Å². The summed E-state index contributed by atoms with van der Waals surface area (Å²) in [5.41, 5.74) is 1.48. The van der Waals surface area contributed by atoms with E-state index in [1.165, 1.54) is 17.8 Å². The van der Waals surface area contributed by atoms with Gasteiger partial charge in [0.2, 0.25) is 0 Å². The molecule has 3 rings (SSSR count). The van der Waals surface area contributed by atoms with E-state index in [-0.39, 0.29) is 5.82 Å². The molecule has 0 N–H and O–H groups in total. The van der Waals surface area contributed by atoms with Crippen LogP contribution in [-0.4, -0.2) is 29.0 Å². The normalized spacial score (nSPS) is 10.6. The molecular weight excluding hydrogens is 365 g/mol.